The summed E-state index contributed by atoms with van der Waals surface area (Å²) in [7, 11) is 0. The average molecular weight is 309 g/mol. The number of ether oxygens (including phenoxy) is 1. The third-order valence-corrected chi connectivity index (χ3v) is 3.63. The van der Waals surface area contributed by atoms with Gasteiger partial charge in [-0.3, -0.25) is 4.79 Å². The second kappa shape index (κ2) is 5.68. The maximum Gasteiger partial charge on any atom is 0.295 e. The Morgan fingerprint density at radius 1 is 1.30 bits per heavy atom. The minimum absolute atomic E-state index is 0.0701. The summed E-state index contributed by atoms with van der Waals surface area (Å²) in [5.41, 5.74) is 0.616. The van der Waals surface area contributed by atoms with Crippen molar-refractivity contribution in [2.24, 2.45) is 5.92 Å². The quantitative estimate of drug-likeness (QED) is 0.781. The van der Waals surface area contributed by atoms with Crippen LogP contribution in [0.3, 0.4) is 0 Å². The van der Waals surface area contributed by atoms with Crippen molar-refractivity contribution >= 4 is 17.4 Å². The van der Waals surface area contributed by atoms with E-state index in [0.717, 1.165) is 0 Å². The van der Waals surface area contributed by atoms with Crippen LogP contribution in [-0.2, 0) is 0 Å². The van der Waals surface area contributed by atoms with Gasteiger partial charge in [0.1, 0.15) is 5.75 Å². The second-order valence-corrected chi connectivity index (χ2v) is 5.50. The Labute approximate surface area is 132 Å². The van der Waals surface area contributed by atoms with Crippen molar-refractivity contribution in [3.05, 3.63) is 48.5 Å². The number of para-hydroxylation sites is 2. The van der Waals surface area contributed by atoms with E-state index in [1.54, 1.807) is 24.5 Å². The normalized spacial score (nSPS) is 13.9. The molecule has 1 amide bonds. The number of amides is 1. The van der Waals surface area contributed by atoms with Crippen molar-refractivity contribution in [2.75, 3.05) is 11.9 Å². The maximum atomic E-state index is 12.4. The van der Waals surface area contributed by atoms with Crippen LogP contribution in [0.2, 0.25) is 0 Å². The van der Waals surface area contributed by atoms with Crippen molar-refractivity contribution in [2.45, 2.75) is 12.8 Å². The van der Waals surface area contributed by atoms with Gasteiger partial charge >= 0.3 is 0 Å². The number of fused-ring (bicyclic) bond motifs is 1. The second-order valence-electron chi connectivity index (χ2n) is 5.50. The van der Waals surface area contributed by atoms with Gasteiger partial charge < -0.3 is 10.1 Å². The molecule has 0 radical (unpaired) electrons. The lowest BCUT2D eigenvalue weighted by Gasteiger charge is -2.11. The molecule has 2 aromatic heterocycles. The van der Waals surface area contributed by atoms with Gasteiger partial charge in [-0.1, -0.05) is 12.1 Å². The summed E-state index contributed by atoms with van der Waals surface area (Å²) in [5.74, 6) is 1.37. The number of hydrogen-bond acceptors (Lipinski definition) is 5. The first-order valence-electron chi connectivity index (χ1n) is 7.50. The monoisotopic (exact) mass is 309 g/mol. The number of nitrogens with zero attached hydrogens (tertiary/aromatic N) is 4. The minimum atomic E-state index is -0.391. The lowest BCUT2D eigenvalue weighted by molar-refractivity contribution is 0.101. The van der Waals surface area contributed by atoms with Gasteiger partial charge in [0.15, 0.2) is 0 Å². The Balaban J connectivity index is 1.53. The molecule has 2 heterocycles. The molecule has 1 fully saturated rings. The Bertz CT molecular complexity index is 823. The molecule has 116 valence electrons. The zero-order valence-electron chi connectivity index (χ0n) is 12.3. The fraction of sp³-hybridized carbons (Fsp3) is 0.250. The van der Waals surface area contributed by atoms with Crippen LogP contribution in [0.4, 0.5) is 5.69 Å². The van der Waals surface area contributed by atoms with E-state index >= 15 is 0 Å². The molecule has 0 aliphatic heterocycles. The van der Waals surface area contributed by atoms with Crippen molar-refractivity contribution in [3.63, 3.8) is 0 Å². The Morgan fingerprint density at radius 3 is 3.00 bits per heavy atom. The smallest absolute Gasteiger partial charge is 0.295 e. The number of benzene rings is 1. The summed E-state index contributed by atoms with van der Waals surface area (Å²) < 4.78 is 7.25. The summed E-state index contributed by atoms with van der Waals surface area (Å²) in [5, 5.41) is 6.91. The molecule has 1 N–H and O–H groups in total. The summed E-state index contributed by atoms with van der Waals surface area (Å²) in [6.07, 6.45) is 5.73. The number of aromatic nitrogens is 4. The Morgan fingerprint density at radius 2 is 2.17 bits per heavy atom. The van der Waals surface area contributed by atoms with Gasteiger partial charge in [0.2, 0.25) is 5.82 Å². The van der Waals surface area contributed by atoms with Crippen molar-refractivity contribution in [1.29, 1.82) is 0 Å². The van der Waals surface area contributed by atoms with Gasteiger partial charge in [0.05, 0.1) is 12.3 Å². The summed E-state index contributed by atoms with van der Waals surface area (Å²) in [4.78, 5) is 20.5. The van der Waals surface area contributed by atoms with E-state index in [1.165, 1.54) is 17.4 Å². The highest BCUT2D eigenvalue weighted by Gasteiger charge is 2.22. The molecular weight excluding hydrogens is 294 g/mol. The first kappa shape index (κ1) is 13.7. The van der Waals surface area contributed by atoms with E-state index in [0.29, 0.717) is 29.7 Å². The standard InChI is InChI=1S/C16H15N5O2/c22-15(14-19-16-17-8-3-9-21(16)20-14)18-12-4-1-2-5-13(12)23-10-11-6-7-11/h1-5,8-9,11H,6-7,10H2,(H,18,22). The molecule has 0 atom stereocenters. The highest BCUT2D eigenvalue weighted by atomic mass is 16.5. The van der Waals surface area contributed by atoms with Crippen LogP contribution < -0.4 is 10.1 Å². The molecule has 0 saturated heterocycles. The minimum Gasteiger partial charge on any atom is -0.491 e. The molecule has 4 rings (SSSR count). The number of carbonyl (C=O) groups excluding carboxylic acids is 1. The summed E-state index contributed by atoms with van der Waals surface area (Å²) in [6.45, 7) is 0.684. The molecule has 1 aliphatic carbocycles. The Hall–Kier alpha value is -2.96. The number of anilines is 1. The molecular formula is C16H15N5O2. The van der Waals surface area contributed by atoms with Gasteiger partial charge in [-0.15, -0.1) is 5.10 Å². The van der Waals surface area contributed by atoms with Gasteiger partial charge in [0, 0.05) is 12.4 Å². The topological polar surface area (TPSA) is 81.4 Å². The number of nitrogens with one attached hydrogen (secondary N) is 1. The molecule has 1 aromatic carbocycles. The van der Waals surface area contributed by atoms with Crippen LogP contribution in [-0.4, -0.2) is 32.1 Å². The van der Waals surface area contributed by atoms with Gasteiger partial charge in [-0.25, -0.2) is 9.50 Å². The van der Waals surface area contributed by atoms with Crippen LogP contribution in [0.5, 0.6) is 5.75 Å². The predicted molar refractivity (Wildman–Crippen MR) is 83.4 cm³/mol. The highest BCUT2D eigenvalue weighted by molar-refractivity contribution is 6.02. The van der Waals surface area contributed by atoms with Gasteiger partial charge in [-0.05, 0) is 37.0 Å². The van der Waals surface area contributed by atoms with Gasteiger partial charge in [0.25, 0.3) is 11.7 Å². The maximum absolute atomic E-state index is 12.4. The molecule has 23 heavy (non-hydrogen) atoms. The molecule has 1 saturated carbocycles. The lowest BCUT2D eigenvalue weighted by Crippen LogP contribution is -2.15. The van der Waals surface area contributed by atoms with E-state index in [9.17, 15) is 4.79 Å². The zero-order chi connectivity index (χ0) is 15.6. The van der Waals surface area contributed by atoms with E-state index < -0.39 is 5.91 Å². The van der Waals surface area contributed by atoms with E-state index in [4.69, 9.17) is 4.74 Å². The fourth-order valence-corrected chi connectivity index (χ4v) is 2.20. The van der Waals surface area contributed by atoms with E-state index in [2.05, 4.69) is 20.4 Å². The van der Waals surface area contributed by atoms with Gasteiger partial charge in [-0.2, -0.15) is 4.98 Å². The summed E-state index contributed by atoms with van der Waals surface area (Å²) in [6, 6.07) is 9.10. The van der Waals surface area contributed by atoms with Crippen molar-refractivity contribution < 1.29 is 9.53 Å². The van der Waals surface area contributed by atoms with E-state index in [-0.39, 0.29) is 5.82 Å². The molecule has 7 nitrogen and oxygen atoms in total. The molecule has 3 aromatic rings. The number of rotatable bonds is 5. The first-order valence-corrected chi connectivity index (χ1v) is 7.50. The third-order valence-electron chi connectivity index (χ3n) is 3.63. The third kappa shape index (κ3) is 2.98. The number of carbonyl (C=O) groups is 1. The molecule has 0 bridgehead atoms. The molecule has 1 aliphatic rings. The van der Waals surface area contributed by atoms with Crippen LogP contribution in [0.25, 0.3) is 5.78 Å². The molecule has 7 heteroatoms. The number of hydrogen-bond donors (Lipinski definition) is 1. The SMILES string of the molecule is O=C(Nc1ccccc1OCC1CC1)c1nc2ncccn2n1. The van der Waals surface area contributed by atoms with Crippen LogP contribution in [0.15, 0.2) is 42.7 Å². The van der Waals surface area contributed by atoms with Crippen molar-refractivity contribution in [3.8, 4) is 5.75 Å². The molecule has 0 unspecified atom stereocenters. The average Bonchev–Trinajstić information content (AvgIpc) is 3.30. The van der Waals surface area contributed by atoms with Crippen LogP contribution >= 0.6 is 0 Å². The summed E-state index contributed by atoms with van der Waals surface area (Å²) >= 11 is 0. The van der Waals surface area contributed by atoms with E-state index in [1.807, 2.05) is 18.2 Å². The van der Waals surface area contributed by atoms with Crippen LogP contribution in [0, 0.1) is 5.92 Å². The van der Waals surface area contributed by atoms with Crippen molar-refractivity contribution in [1.82, 2.24) is 19.6 Å². The highest BCUT2D eigenvalue weighted by Crippen LogP contribution is 2.31. The lowest BCUT2D eigenvalue weighted by atomic mass is 10.3. The molecule has 0 spiro atoms. The predicted octanol–water partition coefficient (Wildman–Crippen LogP) is 2.17. The van der Waals surface area contributed by atoms with Crippen LogP contribution in [0.1, 0.15) is 23.5 Å². The fourth-order valence-electron chi connectivity index (χ4n) is 2.20. The zero-order valence-corrected chi connectivity index (χ0v) is 12.3. The largest absolute Gasteiger partial charge is 0.491 e. The first-order chi connectivity index (χ1) is 11.3. The Kier molecular flexibility index (Phi) is 3.38.